The maximum absolute atomic E-state index is 6.23. The number of anilines is 1. The van der Waals surface area contributed by atoms with Crippen molar-refractivity contribution in [3.63, 3.8) is 0 Å². The Labute approximate surface area is 95.0 Å². The molecule has 3 fully saturated rings. The second kappa shape index (κ2) is 3.39. The third kappa shape index (κ3) is 1.28. The van der Waals surface area contributed by atoms with Crippen LogP contribution in [-0.2, 0) is 0 Å². The van der Waals surface area contributed by atoms with Gasteiger partial charge < -0.3 is 10.6 Å². The SMILES string of the molecule is NCC1C2CC(C2)N1c1ccccc1Cl. The lowest BCUT2D eigenvalue weighted by atomic mass is 9.83. The van der Waals surface area contributed by atoms with Gasteiger partial charge in [0.1, 0.15) is 0 Å². The molecule has 4 rings (SSSR count). The molecule has 0 aromatic heterocycles. The van der Waals surface area contributed by atoms with Gasteiger partial charge in [-0.25, -0.2) is 0 Å². The first-order valence-corrected chi connectivity index (χ1v) is 5.92. The summed E-state index contributed by atoms with van der Waals surface area (Å²) in [6, 6.07) is 9.28. The fourth-order valence-corrected chi connectivity index (χ4v) is 3.24. The van der Waals surface area contributed by atoms with Gasteiger partial charge in [0.2, 0.25) is 0 Å². The second-order valence-electron chi connectivity index (χ2n) is 4.55. The van der Waals surface area contributed by atoms with Crippen molar-refractivity contribution in [3.8, 4) is 0 Å². The van der Waals surface area contributed by atoms with E-state index in [-0.39, 0.29) is 0 Å². The van der Waals surface area contributed by atoms with Crippen LogP contribution in [0.15, 0.2) is 24.3 Å². The van der Waals surface area contributed by atoms with Crippen LogP contribution in [0.25, 0.3) is 0 Å². The minimum Gasteiger partial charge on any atom is -0.363 e. The molecule has 0 amide bonds. The summed E-state index contributed by atoms with van der Waals surface area (Å²) in [6.07, 6.45) is 2.60. The molecule has 80 valence electrons. The van der Waals surface area contributed by atoms with Gasteiger partial charge in [0.05, 0.1) is 10.7 Å². The standard InChI is InChI=1S/C12H15ClN2/c13-10-3-1-2-4-11(10)15-9-5-8(6-9)12(15)7-14/h1-4,8-9,12H,5-7,14H2. The summed E-state index contributed by atoms with van der Waals surface area (Å²) in [5.74, 6) is 0.802. The third-order valence-electron chi connectivity index (χ3n) is 3.82. The van der Waals surface area contributed by atoms with Crippen LogP contribution in [0.2, 0.25) is 5.02 Å². The Kier molecular flexibility index (Phi) is 2.15. The molecule has 1 atom stereocenters. The minimum absolute atomic E-state index is 0.509. The van der Waals surface area contributed by atoms with E-state index in [2.05, 4.69) is 11.0 Å². The highest BCUT2D eigenvalue weighted by Gasteiger charge is 2.50. The molecule has 1 saturated carbocycles. The first-order valence-electron chi connectivity index (χ1n) is 5.54. The molecule has 1 aliphatic carbocycles. The van der Waals surface area contributed by atoms with Gasteiger partial charge in [-0.05, 0) is 30.9 Å². The van der Waals surface area contributed by atoms with Crippen molar-refractivity contribution in [2.45, 2.75) is 24.9 Å². The lowest BCUT2D eigenvalue weighted by Gasteiger charge is -2.29. The number of halogens is 1. The molecule has 0 radical (unpaired) electrons. The Hall–Kier alpha value is -0.730. The van der Waals surface area contributed by atoms with Gasteiger partial charge in [-0.15, -0.1) is 0 Å². The lowest BCUT2D eigenvalue weighted by molar-refractivity contribution is 0.354. The van der Waals surface area contributed by atoms with E-state index in [0.29, 0.717) is 12.1 Å². The van der Waals surface area contributed by atoms with Gasteiger partial charge in [-0.2, -0.15) is 0 Å². The highest BCUT2D eigenvalue weighted by atomic mass is 35.5. The smallest absolute Gasteiger partial charge is 0.0639 e. The molecule has 3 heteroatoms. The number of hydrogen-bond acceptors (Lipinski definition) is 2. The average Bonchev–Trinajstić information content (AvgIpc) is 2.70. The predicted octanol–water partition coefficient (Wildman–Crippen LogP) is 2.27. The number of hydrogen-bond donors (Lipinski definition) is 1. The zero-order valence-corrected chi connectivity index (χ0v) is 9.32. The van der Waals surface area contributed by atoms with Crippen LogP contribution in [0.3, 0.4) is 0 Å². The molecule has 2 saturated heterocycles. The molecular weight excluding hydrogens is 208 g/mol. The molecule has 3 aliphatic rings. The van der Waals surface area contributed by atoms with E-state index in [1.165, 1.54) is 18.5 Å². The van der Waals surface area contributed by atoms with Gasteiger partial charge in [0.25, 0.3) is 0 Å². The summed E-state index contributed by atoms with van der Waals surface area (Å²) in [7, 11) is 0. The van der Waals surface area contributed by atoms with Crippen molar-refractivity contribution >= 4 is 17.3 Å². The number of rotatable bonds is 2. The summed E-state index contributed by atoms with van der Waals surface area (Å²) in [5, 5.41) is 0.850. The zero-order valence-electron chi connectivity index (χ0n) is 8.57. The number of para-hydroxylation sites is 1. The summed E-state index contributed by atoms with van der Waals surface area (Å²) >= 11 is 6.23. The number of fused-ring (bicyclic) bond motifs is 1. The summed E-state index contributed by atoms with van der Waals surface area (Å²) < 4.78 is 0. The first-order chi connectivity index (χ1) is 7.31. The number of benzene rings is 1. The van der Waals surface area contributed by atoms with Gasteiger partial charge in [0, 0.05) is 18.6 Å². The van der Waals surface area contributed by atoms with Gasteiger partial charge in [-0.1, -0.05) is 23.7 Å². The molecule has 1 aromatic rings. The quantitative estimate of drug-likeness (QED) is 0.832. The highest BCUT2D eigenvalue weighted by molar-refractivity contribution is 6.33. The molecule has 2 heterocycles. The van der Waals surface area contributed by atoms with Crippen LogP contribution in [-0.4, -0.2) is 18.6 Å². The van der Waals surface area contributed by atoms with E-state index < -0.39 is 0 Å². The second-order valence-corrected chi connectivity index (χ2v) is 4.95. The van der Waals surface area contributed by atoms with E-state index >= 15 is 0 Å². The van der Waals surface area contributed by atoms with Crippen molar-refractivity contribution in [2.24, 2.45) is 11.7 Å². The van der Waals surface area contributed by atoms with Gasteiger partial charge in [-0.3, -0.25) is 0 Å². The molecule has 2 N–H and O–H groups in total. The topological polar surface area (TPSA) is 29.3 Å². The molecule has 15 heavy (non-hydrogen) atoms. The monoisotopic (exact) mass is 222 g/mol. The summed E-state index contributed by atoms with van der Waals surface area (Å²) in [4.78, 5) is 2.44. The molecule has 1 unspecified atom stereocenters. The zero-order chi connectivity index (χ0) is 10.4. The third-order valence-corrected chi connectivity index (χ3v) is 4.14. The van der Waals surface area contributed by atoms with E-state index in [0.717, 1.165) is 17.5 Å². The Morgan fingerprint density at radius 1 is 1.33 bits per heavy atom. The van der Waals surface area contributed by atoms with Crippen LogP contribution in [0.4, 0.5) is 5.69 Å². The van der Waals surface area contributed by atoms with Crippen LogP contribution >= 0.6 is 11.6 Å². The summed E-state index contributed by atoms with van der Waals surface area (Å²) in [5.41, 5.74) is 7.01. The number of nitrogens with two attached hydrogens (primary N) is 1. The van der Waals surface area contributed by atoms with Gasteiger partial charge in [0.15, 0.2) is 0 Å². The van der Waals surface area contributed by atoms with Gasteiger partial charge >= 0.3 is 0 Å². The fraction of sp³-hybridized carbons (Fsp3) is 0.500. The van der Waals surface area contributed by atoms with E-state index in [9.17, 15) is 0 Å². The van der Waals surface area contributed by atoms with Crippen molar-refractivity contribution in [1.82, 2.24) is 0 Å². The van der Waals surface area contributed by atoms with Crippen molar-refractivity contribution < 1.29 is 0 Å². The molecule has 1 aromatic carbocycles. The van der Waals surface area contributed by atoms with Crippen molar-refractivity contribution in [3.05, 3.63) is 29.3 Å². The Bertz CT molecular complexity index is 374. The minimum atomic E-state index is 0.509. The maximum atomic E-state index is 6.23. The van der Waals surface area contributed by atoms with Crippen molar-refractivity contribution in [1.29, 1.82) is 0 Å². The molecular formula is C12H15ClN2. The lowest BCUT2D eigenvalue weighted by Crippen LogP contribution is -2.36. The Morgan fingerprint density at radius 3 is 2.73 bits per heavy atom. The highest BCUT2D eigenvalue weighted by Crippen LogP contribution is 2.48. The maximum Gasteiger partial charge on any atom is 0.0639 e. The number of nitrogens with zero attached hydrogens (tertiary/aromatic N) is 1. The van der Waals surface area contributed by atoms with E-state index in [1.54, 1.807) is 0 Å². The van der Waals surface area contributed by atoms with E-state index in [4.69, 9.17) is 17.3 Å². The average molecular weight is 223 g/mol. The molecule has 0 spiro atoms. The largest absolute Gasteiger partial charge is 0.363 e. The van der Waals surface area contributed by atoms with E-state index in [1.807, 2.05) is 18.2 Å². The predicted molar refractivity (Wildman–Crippen MR) is 63.3 cm³/mol. The first kappa shape index (κ1) is 9.49. The fourth-order valence-electron chi connectivity index (χ4n) is 3.01. The van der Waals surface area contributed by atoms with Crippen LogP contribution in [0.1, 0.15) is 12.8 Å². The molecule has 2 bridgehead atoms. The van der Waals surface area contributed by atoms with Crippen LogP contribution in [0.5, 0.6) is 0 Å². The normalized spacial score (nSPS) is 32.9. The van der Waals surface area contributed by atoms with Crippen LogP contribution in [0, 0.1) is 5.92 Å². The van der Waals surface area contributed by atoms with Crippen LogP contribution < -0.4 is 10.6 Å². The Morgan fingerprint density at radius 2 is 2.07 bits per heavy atom. The Balaban J connectivity index is 1.97. The summed E-state index contributed by atoms with van der Waals surface area (Å²) in [6.45, 7) is 0.742. The molecule has 2 nitrogen and oxygen atoms in total. The van der Waals surface area contributed by atoms with Crippen molar-refractivity contribution in [2.75, 3.05) is 11.4 Å². The molecule has 2 aliphatic heterocycles.